The molecule has 3 nitrogen and oxygen atoms in total. The first-order valence-electron chi connectivity index (χ1n) is 4.96. The van der Waals surface area contributed by atoms with Crippen LogP contribution in [-0.2, 0) is 0 Å². The third-order valence-corrected chi connectivity index (χ3v) is 4.08. The quantitative estimate of drug-likeness (QED) is 0.511. The average Bonchev–Trinajstić information content (AvgIpc) is 2.86. The lowest BCUT2D eigenvalue weighted by Gasteiger charge is -1.95. The summed E-state index contributed by atoms with van der Waals surface area (Å²) in [5, 5.41) is 4.19. The zero-order valence-corrected chi connectivity index (χ0v) is 10.7. The molecule has 0 unspecified atom stereocenters. The number of hydrogen-bond acceptors (Lipinski definition) is 2. The molecule has 0 aliphatic rings. The van der Waals surface area contributed by atoms with Gasteiger partial charge in [-0.25, -0.2) is 4.98 Å². The van der Waals surface area contributed by atoms with Gasteiger partial charge in [-0.1, -0.05) is 23.2 Å². The summed E-state index contributed by atoms with van der Waals surface area (Å²) in [5.74, 6) is 0. The molecule has 3 aromatic heterocycles. The van der Waals surface area contributed by atoms with Crippen molar-refractivity contribution in [3.05, 3.63) is 33.8 Å². The second-order valence-corrected chi connectivity index (χ2v) is 5.52. The Morgan fingerprint density at radius 1 is 1.29 bits per heavy atom. The molecule has 0 saturated heterocycles. The third-order valence-electron chi connectivity index (χ3n) is 2.81. The molecular weight excluding hydrogens is 277 g/mol. The van der Waals surface area contributed by atoms with Crippen molar-refractivity contribution in [3.63, 3.8) is 0 Å². The van der Waals surface area contributed by atoms with Gasteiger partial charge in [-0.2, -0.15) is 0 Å². The van der Waals surface area contributed by atoms with Crippen LogP contribution in [0.25, 0.3) is 27.0 Å². The maximum Gasteiger partial charge on any atom is 0.195 e. The van der Waals surface area contributed by atoms with Crippen LogP contribution in [0, 0.1) is 0 Å². The van der Waals surface area contributed by atoms with E-state index in [1.807, 2.05) is 22.0 Å². The molecule has 0 bridgehead atoms. The SMILES string of the molecule is Clc1cc(Cl)c2c(c1)[nH]c1c2nc2sccn21. The minimum atomic E-state index is 0.623. The minimum absolute atomic E-state index is 0.623. The Morgan fingerprint density at radius 2 is 2.18 bits per heavy atom. The lowest BCUT2D eigenvalue weighted by atomic mass is 10.2. The number of nitrogens with one attached hydrogen (secondary N) is 1. The maximum absolute atomic E-state index is 6.23. The summed E-state index contributed by atoms with van der Waals surface area (Å²) in [7, 11) is 0. The smallest absolute Gasteiger partial charge is 0.195 e. The lowest BCUT2D eigenvalue weighted by molar-refractivity contribution is 1.24. The molecule has 1 aromatic carbocycles. The maximum atomic E-state index is 6.23. The molecule has 0 radical (unpaired) electrons. The summed E-state index contributed by atoms with van der Waals surface area (Å²) in [6.07, 6.45) is 1.99. The van der Waals surface area contributed by atoms with E-state index in [0.717, 1.165) is 27.0 Å². The van der Waals surface area contributed by atoms with Gasteiger partial charge in [0, 0.05) is 22.0 Å². The van der Waals surface area contributed by atoms with Crippen LogP contribution in [0.15, 0.2) is 23.7 Å². The number of aromatic nitrogens is 3. The van der Waals surface area contributed by atoms with Gasteiger partial charge in [0.05, 0.1) is 10.5 Å². The number of aromatic amines is 1. The van der Waals surface area contributed by atoms with Gasteiger partial charge in [0.15, 0.2) is 4.96 Å². The standard InChI is InChI=1S/C11H5Cl2N3S/c12-5-3-6(13)8-7(4-5)14-10-9(8)15-11-16(10)1-2-17-11/h1-4,14H. The Bertz CT molecular complexity index is 871. The van der Waals surface area contributed by atoms with Crippen LogP contribution in [0.1, 0.15) is 0 Å². The fraction of sp³-hybridized carbons (Fsp3) is 0. The van der Waals surface area contributed by atoms with Gasteiger partial charge < -0.3 is 4.98 Å². The van der Waals surface area contributed by atoms with Crippen LogP contribution in [0.3, 0.4) is 0 Å². The van der Waals surface area contributed by atoms with Crippen LogP contribution in [0.5, 0.6) is 0 Å². The number of nitrogens with zero attached hydrogens (tertiary/aromatic N) is 2. The molecule has 4 rings (SSSR count). The Labute approximate surface area is 110 Å². The molecule has 0 amide bonds. The molecule has 0 atom stereocenters. The van der Waals surface area contributed by atoms with E-state index in [0.29, 0.717) is 10.0 Å². The van der Waals surface area contributed by atoms with E-state index < -0.39 is 0 Å². The number of imidazole rings is 1. The van der Waals surface area contributed by atoms with Gasteiger partial charge in [0.1, 0.15) is 11.2 Å². The molecule has 1 N–H and O–H groups in total. The van der Waals surface area contributed by atoms with Crippen molar-refractivity contribution >= 4 is 61.6 Å². The Balaban J connectivity index is 2.33. The monoisotopic (exact) mass is 281 g/mol. The normalized spacial score (nSPS) is 12.1. The van der Waals surface area contributed by atoms with E-state index in [1.165, 1.54) is 0 Å². The molecule has 0 aliphatic carbocycles. The van der Waals surface area contributed by atoms with Gasteiger partial charge in [-0.15, -0.1) is 11.3 Å². The topological polar surface area (TPSA) is 33.1 Å². The number of rotatable bonds is 0. The van der Waals surface area contributed by atoms with Crippen LogP contribution in [0.2, 0.25) is 10.0 Å². The zero-order chi connectivity index (χ0) is 11.6. The van der Waals surface area contributed by atoms with Crippen molar-refractivity contribution in [1.82, 2.24) is 14.4 Å². The van der Waals surface area contributed by atoms with Crippen LogP contribution in [0.4, 0.5) is 0 Å². The second kappa shape index (κ2) is 3.16. The van der Waals surface area contributed by atoms with E-state index in [1.54, 1.807) is 17.4 Å². The van der Waals surface area contributed by atoms with Crippen LogP contribution >= 0.6 is 34.5 Å². The van der Waals surface area contributed by atoms with Crippen molar-refractivity contribution < 1.29 is 0 Å². The predicted octanol–water partition coefficient (Wildman–Crippen LogP) is 4.34. The highest BCUT2D eigenvalue weighted by Crippen LogP contribution is 2.34. The Kier molecular flexibility index (Phi) is 1.82. The number of H-pyrrole nitrogens is 1. The summed E-state index contributed by atoms with van der Waals surface area (Å²) < 4.78 is 2.02. The summed E-state index contributed by atoms with van der Waals surface area (Å²) in [6, 6.07) is 3.61. The van der Waals surface area contributed by atoms with Crippen molar-refractivity contribution in [2.75, 3.05) is 0 Å². The van der Waals surface area contributed by atoms with E-state index in [2.05, 4.69) is 9.97 Å². The summed E-state index contributed by atoms with van der Waals surface area (Å²) in [5.41, 5.74) is 2.77. The summed E-state index contributed by atoms with van der Waals surface area (Å²) >= 11 is 13.8. The highest BCUT2D eigenvalue weighted by molar-refractivity contribution is 7.15. The molecule has 4 aromatic rings. The van der Waals surface area contributed by atoms with Gasteiger partial charge in [0.25, 0.3) is 0 Å². The van der Waals surface area contributed by atoms with E-state index in [-0.39, 0.29) is 0 Å². The average molecular weight is 282 g/mol. The second-order valence-electron chi connectivity index (χ2n) is 3.80. The molecule has 0 saturated carbocycles. The van der Waals surface area contributed by atoms with Gasteiger partial charge in [0.2, 0.25) is 0 Å². The van der Waals surface area contributed by atoms with Crippen LogP contribution < -0.4 is 0 Å². The van der Waals surface area contributed by atoms with E-state index >= 15 is 0 Å². The van der Waals surface area contributed by atoms with Crippen molar-refractivity contribution in [3.8, 4) is 0 Å². The minimum Gasteiger partial charge on any atom is -0.339 e. The lowest BCUT2D eigenvalue weighted by Crippen LogP contribution is -1.76. The number of benzene rings is 1. The highest BCUT2D eigenvalue weighted by atomic mass is 35.5. The number of fused-ring (bicyclic) bond motifs is 5. The summed E-state index contributed by atoms with van der Waals surface area (Å²) in [6.45, 7) is 0. The van der Waals surface area contributed by atoms with Crippen molar-refractivity contribution in [2.24, 2.45) is 0 Å². The number of hydrogen-bond donors (Lipinski definition) is 1. The summed E-state index contributed by atoms with van der Waals surface area (Å²) in [4.78, 5) is 8.84. The molecule has 17 heavy (non-hydrogen) atoms. The molecule has 0 aliphatic heterocycles. The van der Waals surface area contributed by atoms with E-state index in [9.17, 15) is 0 Å². The molecule has 0 spiro atoms. The Morgan fingerprint density at radius 3 is 3.06 bits per heavy atom. The molecule has 3 heterocycles. The largest absolute Gasteiger partial charge is 0.339 e. The van der Waals surface area contributed by atoms with Crippen molar-refractivity contribution in [2.45, 2.75) is 0 Å². The predicted molar refractivity (Wildman–Crippen MR) is 72.5 cm³/mol. The van der Waals surface area contributed by atoms with E-state index in [4.69, 9.17) is 23.2 Å². The molecular formula is C11H5Cl2N3S. The first kappa shape index (κ1) is 9.76. The third kappa shape index (κ3) is 1.20. The molecule has 84 valence electrons. The van der Waals surface area contributed by atoms with Gasteiger partial charge in [-0.3, -0.25) is 4.40 Å². The van der Waals surface area contributed by atoms with Gasteiger partial charge in [-0.05, 0) is 12.1 Å². The molecule has 6 heteroatoms. The first-order chi connectivity index (χ1) is 8.24. The number of thiazole rings is 1. The molecule has 0 fully saturated rings. The first-order valence-corrected chi connectivity index (χ1v) is 6.59. The Hall–Kier alpha value is -1.23. The van der Waals surface area contributed by atoms with Gasteiger partial charge >= 0.3 is 0 Å². The highest BCUT2D eigenvalue weighted by Gasteiger charge is 2.14. The zero-order valence-electron chi connectivity index (χ0n) is 8.37. The van der Waals surface area contributed by atoms with Crippen molar-refractivity contribution in [1.29, 1.82) is 0 Å². The van der Waals surface area contributed by atoms with Crippen LogP contribution in [-0.4, -0.2) is 14.4 Å². The number of halogens is 2. The fourth-order valence-corrected chi connectivity index (χ4v) is 3.42. The fourth-order valence-electron chi connectivity index (χ4n) is 2.12.